The fourth-order valence-corrected chi connectivity index (χ4v) is 4.99. The normalized spacial score (nSPS) is 16.6. The highest BCUT2D eigenvalue weighted by Gasteiger charge is 2.19. The van der Waals surface area contributed by atoms with E-state index in [1.165, 1.54) is 37.2 Å². The van der Waals surface area contributed by atoms with Crippen LogP contribution < -0.4 is 5.32 Å². The van der Waals surface area contributed by atoms with Gasteiger partial charge in [-0.25, -0.2) is 0 Å². The topological polar surface area (TPSA) is 12.0 Å². The average Bonchev–Trinajstić information content (AvgIpc) is 2.82. The Labute approximate surface area is 126 Å². The van der Waals surface area contributed by atoms with Crippen molar-refractivity contribution in [2.45, 2.75) is 58.2 Å². The monoisotopic (exact) mass is 297 g/mol. The highest BCUT2D eigenvalue weighted by atomic mass is 32.2. The lowest BCUT2D eigenvalue weighted by Gasteiger charge is -2.18. The minimum atomic E-state index is 0.586. The van der Waals surface area contributed by atoms with Gasteiger partial charge in [0.15, 0.2) is 0 Å². The minimum absolute atomic E-state index is 0.586. The van der Waals surface area contributed by atoms with Crippen LogP contribution in [0.5, 0.6) is 0 Å². The van der Waals surface area contributed by atoms with Gasteiger partial charge in [-0.3, -0.25) is 0 Å². The number of fused-ring (bicyclic) bond motifs is 1. The predicted molar refractivity (Wildman–Crippen MR) is 89.3 cm³/mol. The average molecular weight is 298 g/mol. The number of thiophene rings is 1. The number of aryl methyl sites for hydroxylation is 1. The van der Waals surface area contributed by atoms with Crippen LogP contribution in [0.4, 0.5) is 0 Å². The molecule has 0 amide bonds. The van der Waals surface area contributed by atoms with Gasteiger partial charge in [-0.05, 0) is 55.5 Å². The van der Waals surface area contributed by atoms with Crippen molar-refractivity contribution < 1.29 is 0 Å². The van der Waals surface area contributed by atoms with E-state index in [2.05, 4.69) is 55.3 Å². The fraction of sp³-hybridized carbons (Fsp3) is 0.750. The van der Waals surface area contributed by atoms with Crippen molar-refractivity contribution in [3.05, 3.63) is 21.4 Å². The van der Waals surface area contributed by atoms with E-state index < -0.39 is 0 Å². The van der Waals surface area contributed by atoms with Crippen molar-refractivity contribution in [3.8, 4) is 0 Å². The summed E-state index contributed by atoms with van der Waals surface area (Å²) in [4.78, 5) is 3.24. The van der Waals surface area contributed by atoms with Crippen molar-refractivity contribution in [3.63, 3.8) is 0 Å². The van der Waals surface area contributed by atoms with Crippen LogP contribution in [0.15, 0.2) is 6.07 Å². The lowest BCUT2D eigenvalue weighted by molar-refractivity contribution is 0.445. The number of nitrogens with one attached hydrogen (secondary N) is 1. The summed E-state index contributed by atoms with van der Waals surface area (Å²) in [5.41, 5.74) is 1.61. The predicted octanol–water partition coefficient (Wildman–Crippen LogP) is 5.01. The van der Waals surface area contributed by atoms with Crippen LogP contribution >= 0.6 is 23.1 Å². The molecular weight excluding hydrogens is 270 g/mol. The van der Waals surface area contributed by atoms with E-state index in [9.17, 15) is 0 Å². The van der Waals surface area contributed by atoms with E-state index in [-0.39, 0.29) is 0 Å². The van der Waals surface area contributed by atoms with E-state index >= 15 is 0 Å². The van der Waals surface area contributed by atoms with Gasteiger partial charge in [-0.2, -0.15) is 11.8 Å². The van der Waals surface area contributed by atoms with E-state index in [1.807, 2.05) is 0 Å². The fourth-order valence-electron chi connectivity index (χ4n) is 2.51. The molecule has 1 N–H and O–H groups in total. The maximum absolute atomic E-state index is 3.75. The minimum Gasteiger partial charge on any atom is -0.309 e. The summed E-state index contributed by atoms with van der Waals surface area (Å²) in [6, 6.07) is 3.07. The van der Waals surface area contributed by atoms with E-state index in [1.54, 1.807) is 15.3 Å². The molecule has 2 rings (SSSR count). The van der Waals surface area contributed by atoms with Gasteiger partial charge in [0.2, 0.25) is 0 Å². The SMILES string of the molecule is CCCNC(CCC(C)C)c1cc2c(s1)CCSC2. The van der Waals surface area contributed by atoms with Crippen molar-refractivity contribution in [1.29, 1.82) is 0 Å². The van der Waals surface area contributed by atoms with Gasteiger partial charge in [-0.15, -0.1) is 11.3 Å². The molecule has 0 aromatic carbocycles. The molecule has 1 unspecified atom stereocenters. The largest absolute Gasteiger partial charge is 0.309 e. The van der Waals surface area contributed by atoms with Crippen molar-refractivity contribution in [1.82, 2.24) is 5.32 Å². The molecule has 0 aliphatic carbocycles. The first-order valence-electron chi connectivity index (χ1n) is 7.63. The summed E-state index contributed by atoms with van der Waals surface area (Å²) in [5, 5.41) is 3.75. The molecule has 0 bridgehead atoms. The molecule has 3 heteroatoms. The molecule has 0 saturated carbocycles. The van der Waals surface area contributed by atoms with Gasteiger partial charge in [0.25, 0.3) is 0 Å². The first-order chi connectivity index (χ1) is 9.20. The van der Waals surface area contributed by atoms with Crippen LogP contribution in [-0.2, 0) is 12.2 Å². The second-order valence-corrected chi connectivity index (χ2v) is 8.15. The molecule has 108 valence electrons. The number of hydrogen-bond donors (Lipinski definition) is 1. The Bertz CT molecular complexity index is 361. The van der Waals surface area contributed by atoms with Gasteiger partial charge >= 0.3 is 0 Å². The molecular formula is C16H27NS2. The zero-order valence-electron chi connectivity index (χ0n) is 12.5. The second-order valence-electron chi connectivity index (χ2n) is 5.88. The summed E-state index contributed by atoms with van der Waals surface area (Å²) in [6.45, 7) is 8.04. The van der Waals surface area contributed by atoms with Gasteiger partial charge in [0.1, 0.15) is 0 Å². The number of hydrogen-bond acceptors (Lipinski definition) is 3. The van der Waals surface area contributed by atoms with Crippen LogP contribution in [0.1, 0.15) is 61.4 Å². The summed E-state index contributed by atoms with van der Waals surface area (Å²) in [7, 11) is 0. The Hall–Kier alpha value is 0.01000. The highest BCUT2D eigenvalue weighted by Crippen LogP contribution is 2.36. The molecule has 0 fully saturated rings. The quantitative estimate of drug-likeness (QED) is 0.759. The molecule has 0 spiro atoms. The first-order valence-corrected chi connectivity index (χ1v) is 9.60. The van der Waals surface area contributed by atoms with Crippen molar-refractivity contribution >= 4 is 23.1 Å². The highest BCUT2D eigenvalue weighted by molar-refractivity contribution is 7.98. The van der Waals surface area contributed by atoms with E-state index in [0.29, 0.717) is 6.04 Å². The third kappa shape index (κ3) is 4.51. The summed E-state index contributed by atoms with van der Waals surface area (Å²) < 4.78 is 0. The number of thioether (sulfide) groups is 1. The van der Waals surface area contributed by atoms with Crippen LogP contribution in [0, 0.1) is 5.92 Å². The van der Waals surface area contributed by atoms with E-state index in [4.69, 9.17) is 0 Å². The van der Waals surface area contributed by atoms with Gasteiger partial charge in [0, 0.05) is 21.5 Å². The molecule has 0 saturated heterocycles. The Morgan fingerprint density at radius 3 is 2.84 bits per heavy atom. The smallest absolute Gasteiger partial charge is 0.0415 e. The second kappa shape index (κ2) is 7.70. The number of rotatable bonds is 7. The van der Waals surface area contributed by atoms with Gasteiger partial charge < -0.3 is 5.32 Å². The molecule has 1 nitrogen and oxygen atoms in total. The first kappa shape index (κ1) is 15.4. The molecule has 19 heavy (non-hydrogen) atoms. The Kier molecular flexibility index (Phi) is 6.24. The maximum atomic E-state index is 3.75. The summed E-state index contributed by atoms with van der Waals surface area (Å²) >= 11 is 4.15. The van der Waals surface area contributed by atoms with Crippen molar-refractivity contribution in [2.75, 3.05) is 12.3 Å². The van der Waals surface area contributed by atoms with Gasteiger partial charge in [-0.1, -0.05) is 20.8 Å². The summed E-state index contributed by atoms with van der Waals surface area (Å²) in [6.07, 6.45) is 5.11. The summed E-state index contributed by atoms with van der Waals surface area (Å²) in [5.74, 6) is 3.35. The Morgan fingerprint density at radius 1 is 1.32 bits per heavy atom. The standard InChI is InChI=1S/C16H27NS2/c1-4-8-17-14(6-5-12(2)3)16-10-13-11-18-9-7-15(13)19-16/h10,12,14,17H,4-9,11H2,1-3H3. The molecule has 1 aromatic rings. The molecule has 1 aliphatic heterocycles. The lowest BCUT2D eigenvalue weighted by Crippen LogP contribution is -2.21. The van der Waals surface area contributed by atoms with Crippen LogP contribution in [0.25, 0.3) is 0 Å². The third-order valence-electron chi connectivity index (χ3n) is 3.66. The van der Waals surface area contributed by atoms with E-state index in [0.717, 1.165) is 12.5 Å². The van der Waals surface area contributed by atoms with Crippen molar-refractivity contribution in [2.24, 2.45) is 5.92 Å². The zero-order valence-corrected chi connectivity index (χ0v) is 14.1. The van der Waals surface area contributed by atoms with Crippen LogP contribution in [-0.4, -0.2) is 12.3 Å². The Balaban J connectivity index is 2.05. The molecule has 0 radical (unpaired) electrons. The maximum Gasteiger partial charge on any atom is 0.0415 e. The molecule has 1 aromatic heterocycles. The Morgan fingerprint density at radius 2 is 2.16 bits per heavy atom. The van der Waals surface area contributed by atoms with Crippen LogP contribution in [0.2, 0.25) is 0 Å². The zero-order chi connectivity index (χ0) is 13.7. The van der Waals surface area contributed by atoms with Crippen LogP contribution in [0.3, 0.4) is 0 Å². The third-order valence-corrected chi connectivity index (χ3v) is 6.02. The molecule has 1 aliphatic rings. The lowest BCUT2D eigenvalue weighted by atomic mass is 10.0. The molecule has 1 atom stereocenters. The molecule has 2 heterocycles. The van der Waals surface area contributed by atoms with Gasteiger partial charge in [0.05, 0.1) is 0 Å².